The molecule has 3 aromatic carbocycles. The van der Waals surface area contributed by atoms with Crippen LogP contribution in [0.2, 0.25) is 0 Å². The lowest BCUT2D eigenvalue weighted by molar-refractivity contribution is -0.122. The highest BCUT2D eigenvalue weighted by atomic mass is 32.1. The van der Waals surface area contributed by atoms with Crippen molar-refractivity contribution in [2.75, 3.05) is 5.32 Å². The van der Waals surface area contributed by atoms with Crippen LogP contribution >= 0.6 is 11.3 Å². The summed E-state index contributed by atoms with van der Waals surface area (Å²) in [6.07, 6.45) is -0.600. The van der Waals surface area contributed by atoms with Gasteiger partial charge in [0.15, 0.2) is 6.10 Å². The molecule has 1 unspecified atom stereocenters. The SMILES string of the molecule is Cc1ccc2nc(-c3ccc(NC(=O)C(C)Oc4ccc(C(C)C)cc4)cc3)sc2c1. The van der Waals surface area contributed by atoms with Gasteiger partial charge in [-0.2, -0.15) is 0 Å². The van der Waals surface area contributed by atoms with E-state index in [0.29, 0.717) is 11.7 Å². The number of anilines is 1. The summed E-state index contributed by atoms with van der Waals surface area (Å²) in [7, 11) is 0. The maximum Gasteiger partial charge on any atom is 0.265 e. The molecule has 0 saturated heterocycles. The molecule has 5 heteroatoms. The number of nitrogens with zero attached hydrogens (tertiary/aromatic N) is 1. The standard InChI is InChI=1S/C26H26N2O2S/c1-16(2)19-8-12-22(13-9-19)30-18(4)25(29)27-21-10-6-20(7-11-21)26-28-23-14-5-17(3)15-24(23)31-26/h5-16,18H,1-4H3,(H,27,29). The third-order valence-electron chi connectivity index (χ3n) is 5.17. The number of aromatic nitrogens is 1. The van der Waals surface area contributed by atoms with Gasteiger partial charge in [-0.25, -0.2) is 4.98 Å². The van der Waals surface area contributed by atoms with Crippen molar-refractivity contribution in [1.29, 1.82) is 0 Å². The Kier molecular flexibility index (Phi) is 6.05. The number of ether oxygens (including phenoxy) is 1. The molecular weight excluding hydrogens is 404 g/mol. The zero-order valence-electron chi connectivity index (χ0n) is 18.2. The van der Waals surface area contributed by atoms with E-state index in [1.165, 1.54) is 15.8 Å². The number of benzene rings is 3. The second-order valence-corrected chi connectivity index (χ2v) is 9.07. The second-order valence-electron chi connectivity index (χ2n) is 8.04. The molecule has 158 valence electrons. The van der Waals surface area contributed by atoms with Crippen LogP contribution in [0.25, 0.3) is 20.8 Å². The quantitative estimate of drug-likeness (QED) is 0.366. The van der Waals surface area contributed by atoms with Crippen LogP contribution in [0.5, 0.6) is 5.75 Å². The van der Waals surface area contributed by atoms with Gasteiger partial charge in [0.05, 0.1) is 10.2 Å². The number of aryl methyl sites for hydroxylation is 1. The molecule has 0 aliphatic heterocycles. The molecule has 1 N–H and O–H groups in total. The van der Waals surface area contributed by atoms with Gasteiger partial charge in [-0.1, -0.05) is 32.0 Å². The Morgan fingerprint density at radius 3 is 2.35 bits per heavy atom. The van der Waals surface area contributed by atoms with E-state index >= 15 is 0 Å². The summed E-state index contributed by atoms with van der Waals surface area (Å²) in [5.74, 6) is 0.967. The maximum atomic E-state index is 12.5. The smallest absolute Gasteiger partial charge is 0.265 e. The van der Waals surface area contributed by atoms with Crippen LogP contribution in [0.15, 0.2) is 66.7 Å². The van der Waals surface area contributed by atoms with E-state index in [1.54, 1.807) is 18.3 Å². The van der Waals surface area contributed by atoms with Gasteiger partial charge in [0.1, 0.15) is 10.8 Å². The highest BCUT2D eigenvalue weighted by Crippen LogP contribution is 2.31. The predicted molar refractivity (Wildman–Crippen MR) is 129 cm³/mol. The fraction of sp³-hybridized carbons (Fsp3) is 0.231. The van der Waals surface area contributed by atoms with Crippen molar-refractivity contribution in [2.45, 2.75) is 39.7 Å². The number of fused-ring (bicyclic) bond motifs is 1. The number of hydrogen-bond donors (Lipinski definition) is 1. The molecule has 1 aromatic heterocycles. The van der Waals surface area contributed by atoms with Gasteiger partial charge < -0.3 is 10.1 Å². The Labute approximate surface area is 186 Å². The van der Waals surface area contributed by atoms with Crippen LogP contribution in [0.1, 0.15) is 37.8 Å². The number of hydrogen-bond acceptors (Lipinski definition) is 4. The molecule has 1 atom stereocenters. The van der Waals surface area contributed by atoms with E-state index < -0.39 is 6.10 Å². The van der Waals surface area contributed by atoms with Gasteiger partial charge in [0, 0.05) is 11.3 Å². The largest absolute Gasteiger partial charge is 0.481 e. The predicted octanol–water partition coefficient (Wildman–Crippen LogP) is 6.80. The van der Waals surface area contributed by atoms with E-state index in [9.17, 15) is 4.79 Å². The highest BCUT2D eigenvalue weighted by Gasteiger charge is 2.15. The van der Waals surface area contributed by atoms with Gasteiger partial charge in [-0.05, 0) is 79.4 Å². The molecular formula is C26H26N2O2S. The van der Waals surface area contributed by atoms with Crippen molar-refractivity contribution in [3.05, 3.63) is 77.9 Å². The van der Waals surface area contributed by atoms with Crippen LogP contribution < -0.4 is 10.1 Å². The first-order chi connectivity index (χ1) is 14.9. The summed E-state index contributed by atoms with van der Waals surface area (Å²) in [4.78, 5) is 17.3. The first-order valence-corrected chi connectivity index (χ1v) is 11.3. The van der Waals surface area contributed by atoms with Gasteiger partial charge in [-0.15, -0.1) is 11.3 Å². The normalized spacial score (nSPS) is 12.2. The molecule has 0 fully saturated rings. The fourth-order valence-corrected chi connectivity index (χ4v) is 4.35. The highest BCUT2D eigenvalue weighted by molar-refractivity contribution is 7.21. The monoisotopic (exact) mass is 430 g/mol. The molecule has 0 aliphatic rings. The van der Waals surface area contributed by atoms with E-state index in [0.717, 1.165) is 21.8 Å². The lowest BCUT2D eigenvalue weighted by Crippen LogP contribution is -2.30. The van der Waals surface area contributed by atoms with Crippen molar-refractivity contribution >= 4 is 33.1 Å². The minimum atomic E-state index is -0.600. The summed E-state index contributed by atoms with van der Waals surface area (Å²) in [5.41, 5.74) is 5.25. The van der Waals surface area contributed by atoms with E-state index in [1.807, 2.05) is 48.5 Å². The fourth-order valence-electron chi connectivity index (χ4n) is 3.28. The number of carbonyl (C=O) groups is 1. The van der Waals surface area contributed by atoms with Crippen molar-refractivity contribution < 1.29 is 9.53 Å². The van der Waals surface area contributed by atoms with Crippen LogP contribution in [-0.4, -0.2) is 17.0 Å². The summed E-state index contributed by atoms with van der Waals surface area (Å²) < 4.78 is 6.98. The summed E-state index contributed by atoms with van der Waals surface area (Å²) in [6.45, 7) is 8.13. The molecule has 1 amide bonds. The maximum absolute atomic E-state index is 12.5. The molecule has 4 rings (SSSR count). The molecule has 0 radical (unpaired) electrons. The number of amides is 1. The topological polar surface area (TPSA) is 51.2 Å². The molecule has 4 aromatic rings. The van der Waals surface area contributed by atoms with Crippen LogP contribution in [0, 0.1) is 6.92 Å². The third kappa shape index (κ3) is 4.94. The summed E-state index contributed by atoms with van der Waals surface area (Å²) in [6, 6.07) is 21.9. The molecule has 31 heavy (non-hydrogen) atoms. The van der Waals surface area contributed by atoms with Crippen LogP contribution in [-0.2, 0) is 4.79 Å². The number of rotatable bonds is 6. The summed E-state index contributed by atoms with van der Waals surface area (Å²) >= 11 is 1.67. The van der Waals surface area contributed by atoms with E-state index in [4.69, 9.17) is 9.72 Å². The van der Waals surface area contributed by atoms with E-state index in [-0.39, 0.29) is 5.91 Å². The Bertz CT molecular complexity index is 1190. The Hall–Kier alpha value is -3.18. The van der Waals surface area contributed by atoms with Gasteiger partial charge >= 0.3 is 0 Å². The van der Waals surface area contributed by atoms with E-state index in [2.05, 4.69) is 44.3 Å². The number of carbonyl (C=O) groups excluding carboxylic acids is 1. The molecule has 0 bridgehead atoms. The van der Waals surface area contributed by atoms with Gasteiger partial charge in [-0.3, -0.25) is 4.79 Å². The Balaban J connectivity index is 1.40. The lowest BCUT2D eigenvalue weighted by atomic mass is 10.0. The van der Waals surface area contributed by atoms with Crippen molar-refractivity contribution in [2.24, 2.45) is 0 Å². The van der Waals surface area contributed by atoms with Crippen LogP contribution in [0.3, 0.4) is 0 Å². The zero-order valence-corrected chi connectivity index (χ0v) is 19.0. The summed E-state index contributed by atoms with van der Waals surface area (Å²) in [5, 5.41) is 3.90. The van der Waals surface area contributed by atoms with Crippen molar-refractivity contribution in [3.8, 4) is 16.3 Å². The Morgan fingerprint density at radius 1 is 0.968 bits per heavy atom. The number of nitrogens with one attached hydrogen (secondary N) is 1. The minimum absolute atomic E-state index is 0.184. The molecule has 0 saturated carbocycles. The molecule has 4 nitrogen and oxygen atoms in total. The first-order valence-electron chi connectivity index (χ1n) is 10.4. The molecule has 0 spiro atoms. The number of thiazole rings is 1. The average Bonchev–Trinajstić information content (AvgIpc) is 3.17. The lowest BCUT2D eigenvalue weighted by Gasteiger charge is -2.15. The van der Waals surface area contributed by atoms with Gasteiger partial charge in [0.25, 0.3) is 5.91 Å². The second kappa shape index (κ2) is 8.90. The molecule has 0 aliphatic carbocycles. The first kappa shape index (κ1) is 21.1. The third-order valence-corrected chi connectivity index (χ3v) is 6.24. The minimum Gasteiger partial charge on any atom is -0.481 e. The van der Waals surface area contributed by atoms with Crippen molar-refractivity contribution in [1.82, 2.24) is 4.98 Å². The van der Waals surface area contributed by atoms with Crippen molar-refractivity contribution in [3.63, 3.8) is 0 Å². The zero-order chi connectivity index (χ0) is 22.0. The average molecular weight is 431 g/mol. The Morgan fingerprint density at radius 2 is 1.68 bits per heavy atom. The van der Waals surface area contributed by atoms with Gasteiger partial charge in [0.2, 0.25) is 0 Å². The molecule has 1 heterocycles. The van der Waals surface area contributed by atoms with Crippen LogP contribution in [0.4, 0.5) is 5.69 Å².